The van der Waals surface area contributed by atoms with Gasteiger partial charge in [-0.3, -0.25) is 0 Å². The summed E-state index contributed by atoms with van der Waals surface area (Å²) in [6.07, 6.45) is 5.93. The minimum atomic E-state index is -0.497. The molecule has 0 saturated heterocycles. The first-order valence-corrected chi connectivity index (χ1v) is 20.5. The van der Waals surface area contributed by atoms with Crippen LogP contribution in [0.1, 0.15) is 67.3 Å². The van der Waals surface area contributed by atoms with Crippen molar-refractivity contribution in [2.45, 2.75) is 56.9 Å². The fourth-order valence-corrected chi connectivity index (χ4v) is 11.4. The molecule has 0 radical (unpaired) electrons. The lowest BCUT2D eigenvalue weighted by molar-refractivity contribution is 0.0863. The van der Waals surface area contributed by atoms with Crippen molar-refractivity contribution >= 4 is 38.6 Å². The Hall–Kier alpha value is -6.43. The van der Waals surface area contributed by atoms with Crippen LogP contribution in [0, 0.1) is 12.0 Å². The van der Waals surface area contributed by atoms with E-state index in [0.29, 0.717) is 5.69 Å². The quantitative estimate of drug-likeness (QED) is 0.129. The van der Waals surface area contributed by atoms with Gasteiger partial charge in [0.2, 0.25) is 0 Å². The fraction of sp³-hybridized carbons (Fsp3) is 0.182. The molecule has 1 saturated carbocycles. The van der Waals surface area contributed by atoms with E-state index >= 15 is 0 Å². The molecule has 8 aromatic carbocycles. The largest absolute Gasteiger partial charge is 0.335 e. The van der Waals surface area contributed by atoms with Crippen molar-refractivity contribution in [1.82, 2.24) is 0 Å². The Morgan fingerprint density at radius 2 is 1.23 bits per heavy atom. The summed E-state index contributed by atoms with van der Waals surface area (Å²) in [5, 5.41) is 5.16. The summed E-state index contributed by atoms with van der Waals surface area (Å²) in [4.78, 5) is 6.34. The van der Waals surface area contributed by atoms with E-state index in [1.54, 1.807) is 0 Å². The first-order valence-electron chi connectivity index (χ1n) is 20.5. The second kappa shape index (κ2) is 12.5. The molecule has 2 aliphatic carbocycles. The molecule has 1 aliphatic heterocycles. The van der Waals surface area contributed by atoms with Gasteiger partial charge in [-0.25, -0.2) is 4.85 Å². The maximum Gasteiger partial charge on any atom is 0.187 e. The van der Waals surface area contributed by atoms with Gasteiger partial charge in [0.15, 0.2) is 5.69 Å². The highest BCUT2D eigenvalue weighted by molar-refractivity contribution is 6.14. The summed E-state index contributed by atoms with van der Waals surface area (Å²) in [6, 6.07) is 63.4. The standard InChI is InChI=1S/C55H44N2/c1-53-32-12-13-33-54(53,2)57(44-25-23-43(56-3)24-26-44)51-31-22-38(34-40(51)36-53)39-21-28-48-50(35-39)55(41-15-6-4-7-16-41,42-17-8-5-9-18-42)49-30-29-46-45-19-11-10-14-37(45)20-27-47(46)52(48)49/h4-11,14-31,34-35H,12-13,32-33,36H2,1-2H3. The van der Waals surface area contributed by atoms with Gasteiger partial charge in [-0.05, 0) is 134 Å². The van der Waals surface area contributed by atoms with E-state index in [4.69, 9.17) is 6.57 Å². The molecule has 2 heteroatoms. The van der Waals surface area contributed by atoms with Crippen LogP contribution in [0.15, 0.2) is 170 Å². The Morgan fingerprint density at radius 3 is 1.98 bits per heavy atom. The second-order valence-electron chi connectivity index (χ2n) is 17.1. The van der Waals surface area contributed by atoms with Gasteiger partial charge in [-0.1, -0.05) is 159 Å². The highest BCUT2D eigenvalue weighted by atomic mass is 15.2. The number of hydrogen-bond donors (Lipinski definition) is 0. The monoisotopic (exact) mass is 732 g/mol. The van der Waals surface area contributed by atoms with Crippen molar-refractivity contribution in [1.29, 1.82) is 0 Å². The minimum absolute atomic E-state index is 0.0161. The van der Waals surface area contributed by atoms with E-state index in [1.807, 2.05) is 12.1 Å². The van der Waals surface area contributed by atoms with E-state index in [0.717, 1.165) is 12.8 Å². The van der Waals surface area contributed by atoms with E-state index in [9.17, 15) is 0 Å². The average Bonchev–Trinajstić information content (AvgIpc) is 3.57. The summed E-state index contributed by atoms with van der Waals surface area (Å²) < 4.78 is 0. The molecule has 0 aromatic heterocycles. The molecule has 2 nitrogen and oxygen atoms in total. The zero-order valence-electron chi connectivity index (χ0n) is 32.6. The van der Waals surface area contributed by atoms with Crippen LogP contribution in [0.25, 0.3) is 48.6 Å². The predicted molar refractivity (Wildman–Crippen MR) is 238 cm³/mol. The van der Waals surface area contributed by atoms with Gasteiger partial charge in [0.05, 0.1) is 12.0 Å². The lowest BCUT2D eigenvalue weighted by atomic mass is 9.57. The van der Waals surface area contributed by atoms with Crippen LogP contribution in [0.2, 0.25) is 0 Å². The van der Waals surface area contributed by atoms with Gasteiger partial charge in [0.1, 0.15) is 0 Å². The Labute approximate surface area is 335 Å². The molecule has 2 unspecified atom stereocenters. The Bertz CT molecular complexity index is 2880. The third kappa shape index (κ3) is 4.76. The first kappa shape index (κ1) is 33.9. The van der Waals surface area contributed by atoms with E-state index in [-0.39, 0.29) is 11.0 Å². The van der Waals surface area contributed by atoms with Gasteiger partial charge in [0, 0.05) is 16.9 Å². The Morgan fingerprint density at radius 1 is 0.561 bits per heavy atom. The molecule has 0 N–H and O–H groups in total. The number of benzene rings is 8. The minimum Gasteiger partial charge on any atom is -0.335 e. The third-order valence-electron chi connectivity index (χ3n) is 14.3. The molecular formula is C55H44N2. The van der Waals surface area contributed by atoms with E-state index in [2.05, 4.69) is 181 Å². The van der Waals surface area contributed by atoms with Crippen molar-refractivity contribution < 1.29 is 0 Å². The van der Waals surface area contributed by atoms with Crippen LogP contribution < -0.4 is 4.90 Å². The van der Waals surface area contributed by atoms with E-state index in [1.165, 1.54) is 102 Å². The highest BCUT2D eigenvalue weighted by Gasteiger charge is 2.54. The van der Waals surface area contributed by atoms with Crippen LogP contribution in [0.3, 0.4) is 0 Å². The molecule has 1 fully saturated rings. The molecule has 1 heterocycles. The molecule has 0 amide bonds. The summed E-state index contributed by atoms with van der Waals surface area (Å²) in [6.45, 7) is 12.6. The van der Waals surface area contributed by atoms with Crippen molar-refractivity contribution in [2.24, 2.45) is 5.41 Å². The van der Waals surface area contributed by atoms with Gasteiger partial charge < -0.3 is 4.90 Å². The van der Waals surface area contributed by atoms with Crippen molar-refractivity contribution in [3.8, 4) is 22.3 Å². The van der Waals surface area contributed by atoms with E-state index < -0.39 is 5.41 Å². The number of nitrogens with zero attached hydrogens (tertiary/aromatic N) is 2. The van der Waals surface area contributed by atoms with Gasteiger partial charge in [-0.2, -0.15) is 0 Å². The zero-order chi connectivity index (χ0) is 38.4. The van der Waals surface area contributed by atoms with Crippen molar-refractivity contribution in [2.75, 3.05) is 4.90 Å². The Kier molecular flexibility index (Phi) is 7.45. The molecular weight excluding hydrogens is 689 g/mol. The molecule has 0 bridgehead atoms. The van der Waals surface area contributed by atoms with Crippen LogP contribution in [0.5, 0.6) is 0 Å². The van der Waals surface area contributed by atoms with Crippen molar-refractivity contribution in [3.05, 3.63) is 209 Å². The second-order valence-corrected chi connectivity index (χ2v) is 17.1. The molecule has 11 rings (SSSR count). The zero-order valence-corrected chi connectivity index (χ0v) is 32.6. The number of rotatable bonds is 4. The predicted octanol–water partition coefficient (Wildman–Crippen LogP) is 14.6. The van der Waals surface area contributed by atoms with Crippen LogP contribution >= 0.6 is 0 Å². The number of anilines is 2. The average molecular weight is 733 g/mol. The van der Waals surface area contributed by atoms with Crippen LogP contribution in [-0.2, 0) is 11.8 Å². The molecule has 8 aromatic rings. The normalized spacial score (nSPS) is 20.3. The maximum absolute atomic E-state index is 7.58. The fourth-order valence-electron chi connectivity index (χ4n) is 11.4. The van der Waals surface area contributed by atoms with Crippen LogP contribution in [-0.4, -0.2) is 5.54 Å². The lowest BCUT2D eigenvalue weighted by Gasteiger charge is -2.60. The third-order valence-corrected chi connectivity index (χ3v) is 14.3. The SMILES string of the molecule is [C-]#[N+]c1ccc(N2c3ccc(-c4ccc5c(c4)C(c4ccccc4)(c4ccccc4)c4ccc6c(ccc7ccccc76)c4-5)cc3CC3(C)CCCCC23C)cc1. The molecule has 274 valence electrons. The summed E-state index contributed by atoms with van der Waals surface area (Å²) in [5.74, 6) is 0. The van der Waals surface area contributed by atoms with Gasteiger partial charge in [0.25, 0.3) is 0 Å². The van der Waals surface area contributed by atoms with Crippen LogP contribution in [0.4, 0.5) is 17.1 Å². The van der Waals surface area contributed by atoms with Gasteiger partial charge in [-0.15, -0.1) is 0 Å². The molecule has 0 spiro atoms. The summed E-state index contributed by atoms with van der Waals surface area (Å²) >= 11 is 0. The van der Waals surface area contributed by atoms with Gasteiger partial charge >= 0.3 is 0 Å². The first-order chi connectivity index (χ1) is 27.9. The summed E-state index contributed by atoms with van der Waals surface area (Å²) in [7, 11) is 0. The lowest BCUT2D eigenvalue weighted by Crippen LogP contribution is -2.60. The molecule has 3 aliphatic rings. The maximum atomic E-state index is 7.58. The summed E-state index contributed by atoms with van der Waals surface area (Å²) in [5.41, 5.74) is 14.5. The highest BCUT2D eigenvalue weighted by Crippen LogP contribution is 2.60. The van der Waals surface area contributed by atoms with Crippen molar-refractivity contribution in [3.63, 3.8) is 0 Å². The number of fused-ring (bicyclic) bond motifs is 9. The Balaban J connectivity index is 1.14. The smallest absolute Gasteiger partial charge is 0.187 e. The molecule has 57 heavy (non-hydrogen) atoms. The number of hydrogen-bond acceptors (Lipinski definition) is 1. The topological polar surface area (TPSA) is 7.60 Å². The molecule has 2 atom stereocenters.